The summed E-state index contributed by atoms with van der Waals surface area (Å²) < 4.78 is 0. The lowest BCUT2D eigenvalue weighted by atomic mass is 9.93. The highest BCUT2D eigenvalue weighted by Gasteiger charge is 2.31. The van der Waals surface area contributed by atoms with Crippen LogP contribution in [-0.4, -0.2) is 35.6 Å². The molecule has 2 unspecified atom stereocenters. The number of aliphatic carboxylic acids is 1. The summed E-state index contributed by atoms with van der Waals surface area (Å²) in [6, 6.07) is -0.829. The topological polar surface area (TPSA) is 122 Å². The van der Waals surface area contributed by atoms with E-state index in [1.807, 2.05) is 0 Å². The highest BCUT2D eigenvalue weighted by atomic mass is 16.4. The van der Waals surface area contributed by atoms with Crippen molar-refractivity contribution in [3.8, 4) is 0 Å². The maximum absolute atomic E-state index is 11.9. The van der Waals surface area contributed by atoms with Crippen LogP contribution >= 0.6 is 0 Å². The molecule has 5 N–H and O–H groups in total. The van der Waals surface area contributed by atoms with Crippen LogP contribution in [0.15, 0.2) is 0 Å². The van der Waals surface area contributed by atoms with Crippen molar-refractivity contribution in [2.75, 3.05) is 6.54 Å². The predicted octanol–water partition coefficient (Wildman–Crippen LogP) is 0.831. The fourth-order valence-corrected chi connectivity index (χ4v) is 2.38. The first-order chi connectivity index (χ1) is 9.74. The third-order valence-electron chi connectivity index (χ3n) is 4.01. The molecule has 0 aliphatic heterocycles. The first-order valence-electron chi connectivity index (χ1n) is 7.31. The molecule has 0 aromatic heterocycles. The molecule has 0 bridgehead atoms. The first kappa shape index (κ1) is 17.3. The summed E-state index contributed by atoms with van der Waals surface area (Å²) in [4.78, 5) is 34.3. The molecule has 120 valence electrons. The predicted molar refractivity (Wildman–Crippen MR) is 77.5 cm³/mol. The number of carbonyl (C=O) groups excluding carboxylic acids is 2. The van der Waals surface area contributed by atoms with Crippen LogP contribution in [0.5, 0.6) is 0 Å². The summed E-state index contributed by atoms with van der Waals surface area (Å²) in [6.45, 7) is 3.39. The van der Waals surface area contributed by atoms with E-state index in [0.717, 1.165) is 19.3 Å². The Morgan fingerprint density at radius 2 is 1.81 bits per heavy atom. The number of hydrogen-bond acceptors (Lipinski definition) is 3. The molecule has 0 radical (unpaired) electrons. The summed E-state index contributed by atoms with van der Waals surface area (Å²) >= 11 is 0. The monoisotopic (exact) mass is 299 g/mol. The Morgan fingerprint density at radius 3 is 2.38 bits per heavy atom. The normalized spacial score (nSPS) is 23.0. The summed E-state index contributed by atoms with van der Waals surface area (Å²) in [6.07, 6.45) is 3.99. The summed E-state index contributed by atoms with van der Waals surface area (Å²) in [5, 5.41) is 14.6. The molecule has 0 aromatic carbocycles. The largest absolute Gasteiger partial charge is 0.481 e. The van der Waals surface area contributed by atoms with Gasteiger partial charge in [-0.3, -0.25) is 9.59 Å². The van der Waals surface area contributed by atoms with Crippen molar-refractivity contribution in [2.24, 2.45) is 17.1 Å². The van der Waals surface area contributed by atoms with Gasteiger partial charge in [-0.2, -0.15) is 0 Å². The second-order valence-electron chi connectivity index (χ2n) is 6.26. The van der Waals surface area contributed by atoms with Crippen LogP contribution in [0.1, 0.15) is 46.0 Å². The van der Waals surface area contributed by atoms with Gasteiger partial charge in [-0.15, -0.1) is 0 Å². The van der Waals surface area contributed by atoms with Crippen LogP contribution in [0.2, 0.25) is 0 Å². The van der Waals surface area contributed by atoms with Crippen LogP contribution in [-0.2, 0) is 9.59 Å². The van der Waals surface area contributed by atoms with Gasteiger partial charge in [0.05, 0.1) is 11.3 Å². The van der Waals surface area contributed by atoms with Crippen molar-refractivity contribution in [2.45, 2.75) is 52.0 Å². The number of amides is 3. The van der Waals surface area contributed by atoms with Gasteiger partial charge in [0.2, 0.25) is 5.91 Å². The summed E-state index contributed by atoms with van der Waals surface area (Å²) in [7, 11) is 0. The molecule has 1 rings (SSSR count). The Labute approximate surface area is 124 Å². The van der Waals surface area contributed by atoms with Gasteiger partial charge in [0.1, 0.15) is 0 Å². The lowest BCUT2D eigenvalue weighted by Crippen LogP contribution is -2.50. The van der Waals surface area contributed by atoms with E-state index < -0.39 is 29.2 Å². The number of hydrogen-bond donors (Lipinski definition) is 4. The van der Waals surface area contributed by atoms with Crippen LogP contribution < -0.4 is 16.4 Å². The lowest BCUT2D eigenvalue weighted by Gasteiger charge is -2.25. The maximum Gasteiger partial charge on any atom is 0.315 e. The van der Waals surface area contributed by atoms with Crippen LogP contribution in [0.3, 0.4) is 0 Å². The molecule has 0 saturated heterocycles. The average molecular weight is 299 g/mol. The molecule has 7 nitrogen and oxygen atoms in total. The first-order valence-corrected chi connectivity index (χ1v) is 7.31. The maximum atomic E-state index is 11.9. The fourth-order valence-electron chi connectivity index (χ4n) is 2.38. The number of nitrogens with one attached hydrogen (secondary N) is 2. The van der Waals surface area contributed by atoms with Crippen LogP contribution in [0, 0.1) is 11.3 Å². The number of nitrogens with two attached hydrogens (primary N) is 1. The second kappa shape index (κ2) is 7.28. The molecule has 2 atom stereocenters. The molecule has 0 heterocycles. The second-order valence-corrected chi connectivity index (χ2v) is 6.26. The van der Waals surface area contributed by atoms with Gasteiger partial charge < -0.3 is 21.5 Å². The lowest BCUT2D eigenvalue weighted by molar-refractivity contribution is -0.142. The van der Waals surface area contributed by atoms with Gasteiger partial charge in [-0.1, -0.05) is 19.3 Å². The highest BCUT2D eigenvalue weighted by molar-refractivity contribution is 5.82. The Hall–Kier alpha value is -1.79. The molecule has 7 heteroatoms. The van der Waals surface area contributed by atoms with Gasteiger partial charge in [0.15, 0.2) is 0 Å². The van der Waals surface area contributed by atoms with E-state index in [1.54, 1.807) is 13.8 Å². The van der Waals surface area contributed by atoms with Crippen molar-refractivity contribution in [3.63, 3.8) is 0 Å². The zero-order valence-corrected chi connectivity index (χ0v) is 12.6. The molecular formula is C14H25N3O4. The van der Waals surface area contributed by atoms with E-state index in [1.165, 1.54) is 0 Å². The number of urea groups is 1. The molecule has 1 aliphatic rings. The van der Waals surface area contributed by atoms with Crippen molar-refractivity contribution in [1.29, 1.82) is 0 Å². The Kier molecular flexibility index (Phi) is 5.99. The molecule has 21 heavy (non-hydrogen) atoms. The molecule has 3 amide bonds. The van der Waals surface area contributed by atoms with Gasteiger partial charge in [0.25, 0.3) is 0 Å². The zero-order valence-electron chi connectivity index (χ0n) is 12.6. The fraction of sp³-hybridized carbons (Fsp3) is 0.786. The van der Waals surface area contributed by atoms with Gasteiger partial charge in [0, 0.05) is 12.6 Å². The van der Waals surface area contributed by atoms with Crippen LogP contribution in [0.25, 0.3) is 0 Å². The summed E-state index contributed by atoms with van der Waals surface area (Å²) in [5.74, 6) is -1.93. The van der Waals surface area contributed by atoms with Gasteiger partial charge in [-0.25, -0.2) is 4.79 Å². The quantitative estimate of drug-likeness (QED) is 0.562. The number of carboxylic acids is 1. The molecule has 0 spiro atoms. The van der Waals surface area contributed by atoms with Crippen molar-refractivity contribution in [3.05, 3.63) is 0 Å². The van der Waals surface area contributed by atoms with Crippen molar-refractivity contribution >= 4 is 17.9 Å². The van der Waals surface area contributed by atoms with E-state index in [4.69, 9.17) is 5.73 Å². The minimum absolute atomic E-state index is 0.110. The van der Waals surface area contributed by atoms with E-state index in [0.29, 0.717) is 12.8 Å². The third-order valence-corrected chi connectivity index (χ3v) is 4.01. The van der Waals surface area contributed by atoms with Crippen molar-refractivity contribution in [1.82, 2.24) is 10.6 Å². The minimum Gasteiger partial charge on any atom is -0.481 e. The molecule has 1 saturated carbocycles. The number of carboxylic acid groups (broad SMARTS) is 1. The zero-order chi connectivity index (χ0) is 16.0. The van der Waals surface area contributed by atoms with E-state index in [2.05, 4.69) is 10.6 Å². The smallest absolute Gasteiger partial charge is 0.315 e. The number of rotatable bonds is 5. The molecule has 0 aromatic rings. The Morgan fingerprint density at radius 1 is 1.19 bits per heavy atom. The Bertz CT molecular complexity index is 409. The SMILES string of the molecule is CC(C)(CNC(=O)NC1CCCCCC1C(=O)O)C(N)=O. The van der Waals surface area contributed by atoms with E-state index in [9.17, 15) is 19.5 Å². The molecule has 1 aliphatic carbocycles. The number of primary amides is 1. The number of carbonyl (C=O) groups is 3. The molecule has 1 fully saturated rings. The summed E-state index contributed by atoms with van der Waals surface area (Å²) in [5.41, 5.74) is 4.39. The van der Waals surface area contributed by atoms with Gasteiger partial charge in [-0.05, 0) is 26.7 Å². The van der Waals surface area contributed by atoms with E-state index >= 15 is 0 Å². The third kappa shape index (κ3) is 5.24. The molecular weight excluding hydrogens is 274 g/mol. The Balaban J connectivity index is 2.55. The van der Waals surface area contributed by atoms with Gasteiger partial charge >= 0.3 is 12.0 Å². The standard InChI is InChI=1S/C14H25N3O4/c1-14(2,12(15)20)8-16-13(21)17-10-7-5-3-4-6-9(10)11(18)19/h9-10H,3-8H2,1-2H3,(H2,15,20)(H,18,19)(H2,16,17,21). The van der Waals surface area contributed by atoms with Crippen LogP contribution in [0.4, 0.5) is 4.79 Å². The minimum atomic E-state index is -0.875. The van der Waals surface area contributed by atoms with E-state index in [-0.39, 0.29) is 12.6 Å². The average Bonchev–Trinajstić information content (AvgIpc) is 2.61. The highest BCUT2D eigenvalue weighted by Crippen LogP contribution is 2.23. The van der Waals surface area contributed by atoms with Crippen molar-refractivity contribution < 1.29 is 19.5 Å².